The van der Waals surface area contributed by atoms with Crippen LogP contribution in [-0.2, 0) is 4.79 Å². The van der Waals surface area contributed by atoms with Crippen molar-refractivity contribution >= 4 is 17.4 Å². The van der Waals surface area contributed by atoms with Gasteiger partial charge in [-0.2, -0.15) is 0 Å². The number of hydroxylamine groups is 2. The Balaban J connectivity index is 1.45. The summed E-state index contributed by atoms with van der Waals surface area (Å²) in [6.45, 7) is 3.34. The summed E-state index contributed by atoms with van der Waals surface area (Å²) in [6.07, 6.45) is 2.15. The van der Waals surface area contributed by atoms with Gasteiger partial charge < -0.3 is 5.32 Å². The second kappa shape index (κ2) is 7.53. The Labute approximate surface area is 141 Å². The van der Waals surface area contributed by atoms with Gasteiger partial charge in [0.2, 0.25) is 5.91 Å². The van der Waals surface area contributed by atoms with Gasteiger partial charge in [-0.15, -0.1) is 4.65 Å². The van der Waals surface area contributed by atoms with Crippen LogP contribution >= 0.6 is 0 Å². The molecule has 0 radical (unpaired) electrons. The third kappa shape index (κ3) is 4.17. The summed E-state index contributed by atoms with van der Waals surface area (Å²) in [7, 11) is 0. The minimum absolute atomic E-state index is 0.0150. The van der Waals surface area contributed by atoms with Gasteiger partial charge in [-0.3, -0.25) is 9.69 Å². The summed E-state index contributed by atoms with van der Waals surface area (Å²) in [5.74, 6) is 0.695. The fourth-order valence-electron chi connectivity index (χ4n) is 2.89. The van der Waals surface area contributed by atoms with Crippen molar-refractivity contribution in [3.63, 3.8) is 0 Å². The summed E-state index contributed by atoms with van der Waals surface area (Å²) in [4.78, 5) is 18.5. The normalized spacial score (nSPS) is 17.4. The molecular weight excluding hydrogens is 304 g/mol. The average molecular weight is 327 g/mol. The highest BCUT2D eigenvalue weighted by atomic mass is 16.5. The van der Waals surface area contributed by atoms with Crippen LogP contribution in [0.4, 0.5) is 11.5 Å². The van der Waals surface area contributed by atoms with E-state index < -0.39 is 0 Å². The number of carbonyl (C=O) groups excluding carboxylic acids is 1. The summed E-state index contributed by atoms with van der Waals surface area (Å²) in [5, 5.41) is 13.6. The number of hydrogen-bond acceptors (Lipinski definition) is 4. The molecule has 3 rings (SSSR count). The SMILES string of the molecule is O=C(CCN1CC[N+](O)(c2ccccn2)CC1)Nc1ccccc1. The molecule has 1 aliphatic heterocycles. The highest BCUT2D eigenvalue weighted by Crippen LogP contribution is 2.20. The number of piperazine rings is 1. The number of quaternary nitrogens is 1. The number of para-hydroxylation sites is 1. The standard InChI is InChI=1S/C18H22N4O2/c23-18(20-16-6-2-1-3-7-16)9-11-21-12-14-22(24,15-13-21)17-8-4-5-10-19-17/h1-8,10,24H,9,11-15H2/p+1. The van der Waals surface area contributed by atoms with Crippen LogP contribution in [0.5, 0.6) is 0 Å². The van der Waals surface area contributed by atoms with Gasteiger partial charge in [-0.1, -0.05) is 24.3 Å². The second-order valence-corrected chi connectivity index (χ2v) is 6.06. The molecule has 1 aromatic carbocycles. The number of benzene rings is 1. The molecule has 1 amide bonds. The molecule has 1 saturated heterocycles. The highest BCUT2D eigenvalue weighted by Gasteiger charge is 2.35. The van der Waals surface area contributed by atoms with Crippen LogP contribution in [0.3, 0.4) is 0 Å². The molecule has 2 heterocycles. The number of carbonyl (C=O) groups is 1. The number of rotatable bonds is 5. The van der Waals surface area contributed by atoms with E-state index in [0.29, 0.717) is 31.9 Å². The third-order valence-corrected chi connectivity index (χ3v) is 4.36. The zero-order chi connectivity index (χ0) is 16.8. The quantitative estimate of drug-likeness (QED) is 0.826. The maximum Gasteiger partial charge on any atom is 0.260 e. The van der Waals surface area contributed by atoms with Crippen molar-refractivity contribution in [3.8, 4) is 0 Å². The van der Waals surface area contributed by atoms with Crippen molar-refractivity contribution in [2.24, 2.45) is 0 Å². The lowest BCUT2D eigenvalue weighted by atomic mass is 10.2. The minimum Gasteiger partial charge on any atom is -0.326 e. The van der Waals surface area contributed by atoms with Crippen molar-refractivity contribution < 1.29 is 10.0 Å². The zero-order valence-corrected chi connectivity index (χ0v) is 13.6. The molecule has 1 fully saturated rings. The molecule has 0 bridgehead atoms. The topological polar surface area (TPSA) is 65.5 Å². The van der Waals surface area contributed by atoms with E-state index in [4.69, 9.17) is 0 Å². The average Bonchev–Trinajstić information content (AvgIpc) is 2.63. The Bertz CT molecular complexity index is 655. The second-order valence-electron chi connectivity index (χ2n) is 6.06. The molecule has 6 nitrogen and oxygen atoms in total. The van der Waals surface area contributed by atoms with Crippen LogP contribution in [-0.4, -0.2) is 53.7 Å². The molecule has 0 aliphatic carbocycles. The lowest BCUT2D eigenvalue weighted by Gasteiger charge is -2.37. The van der Waals surface area contributed by atoms with E-state index in [0.717, 1.165) is 18.8 Å². The fourth-order valence-corrected chi connectivity index (χ4v) is 2.89. The summed E-state index contributed by atoms with van der Waals surface area (Å²) in [6, 6.07) is 15.1. The number of nitrogens with zero attached hydrogens (tertiary/aromatic N) is 3. The van der Waals surface area contributed by atoms with Gasteiger partial charge in [0.25, 0.3) is 5.82 Å². The van der Waals surface area contributed by atoms with Crippen LogP contribution < -0.4 is 9.96 Å². The highest BCUT2D eigenvalue weighted by molar-refractivity contribution is 5.90. The third-order valence-electron chi connectivity index (χ3n) is 4.36. The van der Waals surface area contributed by atoms with Crippen LogP contribution in [0.15, 0.2) is 54.7 Å². The van der Waals surface area contributed by atoms with Crippen LogP contribution in [0.2, 0.25) is 0 Å². The van der Waals surface area contributed by atoms with E-state index in [1.54, 1.807) is 6.20 Å². The molecule has 1 aromatic heterocycles. The maximum absolute atomic E-state index is 12.0. The molecule has 1 aliphatic rings. The zero-order valence-electron chi connectivity index (χ0n) is 13.6. The van der Waals surface area contributed by atoms with E-state index in [2.05, 4.69) is 15.2 Å². The Morgan fingerprint density at radius 1 is 1.12 bits per heavy atom. The van der Waals surface area contributed by atoms with E-state index in [1.807, 2.05) is 48.5 Å². The van der Waals surface area contributed by atoms with E-state index in [9.17, 15) is 10.0 Å². The summed E-state index contributed by atoms with van der Waals surface area (Å²) in [5.41, 5.74) is 0.822. The minimum atomic E-state index is -0.131. The van der Waals surface area contributed by atoms with Gasteiger partial charge >= 0.3 is 0 Å². The van der Waals surface area contributed by atoms with E-state index in [-0.39, 0.29) is 10.6 Å². The molecular formula is C18H23N4O2+. The first-order valence-corrected chi connectivity index (χ1v) is 8.24. The number of hydrogen-bond donors (Lipinski definition) is 2. The Morgan fingerprint density at radius 3 is 2.50 bits per heavy atom. The van der Waals surface area contributed by atoms with Crippen LogP contribution in [0.25, 0.3) is 0 Å². The molecule has 6 heteroatoms. The summed E-state index contributed by atoms with van der Waals surface area (Å²) < 4.78 is -0.131. The van der Waals surface area contributed by atoms with Crippen LogP contribution in [0, 0.1) is 0 Å². The predicted octanol–water partition coefficient (Wildman–Crippen LogP) is 2.12. The lowest BCUT2D eigenvalue weighted by molar-refractivity contribution is -0.118. The Hall–Kier alpha value is -2.28. The largest absolute Gasteiger partial charge is 0.326 e. The first-order chi connectivity index (χ1) is 11.7. The molecule has 2 aromatic rings. The number of aromatic nitrogens is 1. The van der Waals surface area contributed by atoms with Crippen molar-refractivity contribution in [1.82, 2.24) is 14.5 Å². The molecule has 24 heavy (non-hydrogen) atoms. The van der Waals surface area contributed by atoms with Crippen molar-refractivity contribution in [2.45, 2.75) is 6.42 Å². The number of amides is 1. The Kier molecular flexibility index (Phi) is 5.20. The number of anilines is 1. The van der Waals surface area contributed by atoms with Gasteiger partial charge in [0.15, 0.2) is 0 Å². The summed E-state index contributed by atoms with van der Waals surface area (Å²) >= 11 is 0. The van der Waals surface area contributed by atoms with Crippen LogP contribution in [0.1, 0.15) is 6.42 Å². The fraction of sp³-hybridized carbons (Fsp3) is 0.333. The van der Waals surface area contributed by atoms with Gasteiger partial charge in [-0.05, 0) is 18.2 Å². The molecule has 0 atom stereocenters. The maximum atomic E-state index is 12.0. The molecule has 0 unspecified atom stereocenters. The smallest absolute Gasteiger partial charge is 0.260 e. The van der Waals surface area contributed by atoms with E-state index >= 15 is 0 Å². The first-order valence-electron chi connectivity index (χ1n) is 8.24. The predicted molar refractivity (Wildman–Crippen MR) is 93.7 cm³/mol. The lowest BCUT2D eigenvalue weighted by Crippen LogP contribution is -2.59. The first kappa shape index (κ1) is 16.6. The molecule has 0 spiro atoms. The molecule has 126 valence electrons. The van der Waals surface area contributed by atoms with Gasteiger partial charge in [0.1, 0.15) is 13.1 Å². The van der Waals surface area contributed by atoms with Gasteiger partial charge in [0, 0.05) is 30.9 Å². The van der Waals surface area contributed by atoms with Crippen molar-refractivity contribution in [2.75, 3.05) is 38.0 Å². The van der Waals surface area contributed by atoms with E-state index in [1.165, 1.54) is 0 Å². The van der Waals surface area contributed by atoms with Crippen molar-refractivity contribution in [1.29, 1.82) is 0 Å². The van der Waals surface area contributed by atoms with Gasteiger partial charge in [0.05, 0.1) is 13.1 Å². The molecule has 2 N–H and O–H groups in total. The monoisotopic (exact) mass is 327 g/mol. The Morgan fingerprint density at radius 2 is 1.83 bits per heavy atom. The number of pyridine rings is 1. The number of nitrogens with one attached hydrogen (secondary N) is 1. The molecule has 0 saturated carbocycles. The van der Waals surface area contributed by atoms with Gasteiger partial charge in [-0.25, -0.2) is 10.2 Å². The van der Waals surface area contributed by atoms with Crippen molar-refractivity contribution in [3.05, 3.63) is 54.7 Å².